The average molecular weight is 217 g/mol. The SMILES string of the molecule is COc1ccc2c(c1)CCC21CCNC1=O. The highest BCUT2D eigenvalue weighted by Crippen LogP contribution is 2.44. The highest BCUT2D eigenvalue weighted by molar-refractivity contribution is 5.91. The minimum atomic E-state index is -0.235. The van der Waals surface area contributed by atoms with Crippen molar-refractivity contribution in [3.8, 4) is 5.75 Å². The topological polar surface area (TPSA) is 38.3 Å². The van der Waals surface area contributed by atoms with E-state index in [4.69, 9.17) is 4.74 Å². The Balaban J connectivity index is 2.09. The molecular formula is C13H15NO2. The van der Waals surface area contributed by atoms with Gasteiger partial charge in [-0.25, -0.2) is 0 Å². The molecule has 1 heterocycles. The molecule has 1 N–H and O–H groups in total. The summed E-state index contributed by atoms with van der Waals surface area (Å²) in [5, 5.41) is 2.95. The molecule has 1 fully saturated rings. The number of amides is 1. The first-order chi connectivity index (χ1) is 7.76. The van der Waals surface area contributed by atoms with Crippen molar-refractivity contribution >= 4 is 5.91 Å². The Labute approximate surface area is 94.8 Å². The van der Waals surface area contributed by atoms with Crippen molar-refractivity contribution in [3.63, 3.8) is 0 Å². The fourth-order valence-corrected chi connectivity index (χ4v) is 3.02. The highest BCUT2D eigenvalue weighted by Gasteiger charge is 2.47. The molecule has 1 aliphatic carbocycles. The quantitative estimate of drug-likeness (QED) is 0.772. The first-order valence-corrected chi connectivity index (χ1v) is 5.72. The van der Waals surface area contributed by atoms with Crippen molar-refractivity contribution in [1.82, 2.24) is 5.32 Å². The van der Waals surface area contributed by atoms with Crippen molar-refractivity contribution in [2.45, 2.75) is 24.7 Å². The van der Waals surface area contributed by atoms with Crippen molar-refractivity contribution in [2.75, 3.05) is 13.7 Å². The van der Waals surface area contributed by atoms with Crippen molar-refractivity contribution < 1.29 is 9.53 Å². The lowest BCUT2D eigenvalue weighted by Gasteiger charge is -2.20. The third kappa shape index (κ3) is 1.11. The maximum Gasteiger partial charge on any atom is 0.230 e. The van der Waals surface area contributed by atoms with Crippen LogP contribution < -0.4 is 10.1 Å². The van der Waals surface area contributed by atoms with Gasteiger partial charge in [0.15, 0.2) is 0 Å². The lowest BCUT2D eigenvalue weighted by Crippen LogP contribution is -2.33. The van der Waals surface area contributed by atoms with E-state index in [-0.39, 0.29) is 11.3 Å². The van der Waals surface area contributed by atoms with Gasteiger partial charge in [-0.2, -0.15) is 0 Å². The zero-order valence-electron chi connectivity index (χ0n) is 9.38. The molecule has 1 atom stereocenters. The molecule has 2 aliphatic rings. The summed E-state index contributed by atoms with van der Waals surface area (Å²) in [5.41, 5.74) is 2.25. The molecule has 0 saturated carbocycles. The number of methoxy groups -OCH3 is 1. The number of aryl methyl sites for hydroxylation is 1. The van der Waals surface area contributed by atoms with Crippen LogP contribution in [0.25, 0.3) is 0 Å². The van der Waals surface area contributed by atoms with Crippen LogP contribution in [0, 0.1) is 0 Å². The second-order valence-corrected chi connectivity index (χ2v) is 4.61. The number of carbonyl (C=O) groups excluding carboxylic acids is 1. The van der Waals surface area contributed by atoms with Crippen LogP contribution in [-0.2, 0) is 16.6 Å². The lowest BCUT2D eigenvalue weighted by molar-refractivity contribution is -0.123. The number of fused-ring (bicyclic) bond motifs is 2. The van der Waals surface area contributed by atoms with Crippen LogP contribution >= 0.6 is 0 Å². The molecule has 0 aromatic heterocycles. The molecule has 3 nitrogen and oxygen atoms in total. The number of benzene rings is 1. The number of hydrogen-bond acceptors (Lipinski definition) is 2. The second-order valence-electron chi connectivity index (χ2n) is 4.61. The largest absolute Gasteiger partial charge is 0.497 e. The van der Waals surface area contributed by atoms with Gasteiger partial charge >= 0.3 is 0 Å². The Bertz CT molecular complexity index is 455. The van der Waals surface area contributed by atoms with E-state index in [2.05, 4.69) is 17.4 Å². The van der Waals surface area contributed by atoms with E-state index < -0.39 is 0 Å². The first-order valence-electron chi connectivity index (χ1n) is 5.72. The molecule has 3 rings (SSSR count). The zero-order valence-corrected chi connectivity index (χ0v) is 9.38. The number of nitrogens with one attached hydrogen (secondary N) is 1. The van der Waals surface area contributed by atoms with Gasteiger partial charge in [0.05, 0.1) is 12.5 Å². The molecule has 0 bridgehead atoms. The van der Waals surface area contributed by atoms with Crippen LogP contribution in [0.4, 0.5) is 0 Å². The van der Waals surface area contributed by atoms with Crippen LogP contribution in [0.1, 0.15) is 24.0 Å². The Morgan fingerprint density at radius 2 is 2.25 bits per heavy atom. The molecule has 1 unspecified atom stereocenters. The van der Waals surface area contributed by atoms with Gasteiger partial charge in [-0.3, -0.25) is 4.79 Å². The minimum Gasteiger partial charge on any atom is -0.497 e. The maximum atomic E-state index is 12.0. The summed E-state index contributed by atoms with van der Waals surface area (Å²) < 4.78 is 5.22. The Morgan fingerprint density at radius 1 is 1.38 bits per heavy atom. The van der Waals surface area contributed by atoms with Gasteiger partial charge in [0.25, 0.3) is 0 Å². The minimum absolute atomic E-state index is 0.205. The molecule has 0 radical (unpaired) electrons. The molecule has 1 aromatic carbocycles. The van der Waals surface area contributed by atoms with Crippen molar-refractivity contribution in [2.24, 2.45) is 0 Å². The molecule has 84 valence electrons. The van der Waals surface area contributed by atoms with Gasteiger partial charge in [0.2, 0.25) is 5.91 Å². The lowest BCUT2D eigenvalue weighted by atomic mass is 9.80. The number of carbonyl (C=O) groups is 1. The van der Waals surface area contributed by atoms with E-state index >= 15 is 0 Å². The molecular weight excluding hydrogens is 202 g/mol. The summed E-state index contributed by atoms with van der Waals surface area (Å²) in [4.78, 5) is 12.0. The van der Waals surface area contributed by atoms with Gasteiger partial charge < -0.3 is 10.1 Å². The van der Waals surface area contributed by atoms with Crippen LogP contribution in [-0.4, -0.2) is 19.6 Å². The molecule has 1 amide bonds. The molecule has 1 saturated heterocycles. The Morgan fingerprint density at radius 3 is 2.94 bits per heavy atom. The summed E-state index contributed by atoms with van der Waals surface area (Å²) in [7, 11) is 1.68. The van der Waals surface area contributed by atoms with Crippen LogP contribution in [0.5, 0.6) is 5.75 Å². The zero-order chi connectivity index (χ0) is 11.2. The summed E-state index contributed by atoms with van der Waals surface area (Å²) in [6.45, 7) is 0.810. The van der Waals surface area contributed by atoms with Gasteiger partial charge in [-0.1, -0.05) is 6.07 Å². The second kappa shape index (κ2) is 3.24. The third-order valence-corrected chi connectivity index (χ3v) is 3.92. The Hall–Kier alpha value is -1.51. The van der Waals surface area contributed by atoms with E-state index in [1.807, 2.05) is 6.07 Å². The Kier molecular flexibility index (Phi) is 1.96. The fourth-order valence-electron chi connectivity index (χ4n) is 3.02. The predicted octanol–water partition coefficient (Wildman–Crippen LogP) is 1.40. The van der Waals surface area contributed by atoms with Gasteiger partial charge in [0.1, 0.15) is 5.75 Å². The molecule has 1 aromatic rings. The number of rotatable bonds is 1. The van der Waals surface area contributed by atoms with Crippen LogP contribution in [0.3, 0.4) is 0 Å². The maximum absolute atomic E-state index is 12.0. The van der Waals surface area contributed by atoms with Crippen molar-refractivity contribution in [3.05, 3.63) is 29.3 Å². The van der Waals surface area contributed by atoms with Crippen LogP contribution in [0.2, 0.25) is 0 Å². The smallest absolute Gasteiger partial charge is 0.230 e. The van der Waals surface area contributed by atoms with E-state index in [0.717, 1.165) is 31.6 Å². The van der Waals surface area contributed by atoms with Gasteiger partial charge in [-0.05, 0) is 42.5 Å². The normalized spacial score (nSPS) is 26.9. The van der Waals surface area contributed by atoms with E-state index in [9.17, 15) is 4.79 Å². The van der Waals surface area contributed by atoms with Gasteiger partial charge in [-0.15, -0.1) is 0 Å². The van der Waals surface area contributed by atoms with E-state index in [1.165, 1.54) is 11.1 Å². The summed E-state index contributed by atoms with van der Waals surface area (Å²) >= 11 is 0. The fraction of sp³-hybridized carbons (Fsp3) is 0.462. The predicted molar refractivity (Wildman–Crippen MR) is 60.6 cm³/mol. The summed E-state index contributed by atoms with van der Waals surface area (Å²) in [6, 6.07) is 6.08. The summed E-state index contributed by atoms with van der Waals surface area (Å²) in [5.74, 6) is 1.09. The standard InChI is InChI=1S/C13H15NO2/c1-16-10-2-3-11-9(8-10)4-5-13(11)6-7-14-12(13)15/h2-3,8H,4-7H2,1H3,(H,14,15). The molecule has 1 spiro atoms. The highest BCUT2D eigenvalue weighted by atomic mass is 16.5. The van der Waals surface area contributed by atoms with Gasteiger partial charge in [0, 0.05) is 6.54 Å². The number of hydrogen-bond donors (Lipinski definition) is 1. The van der Waals surface area contributed by atoms with E-state index in [0.29, 0.717) is 0 Å². The molecule has 1 aliphatic heterocycles. The van der Waals surface area contributed by atoms with E-state index in [1.54, 1.807) is 7.11 Å². The molecule has 16 heavy (non-hydrogen) atoms. The van der Waals surface area contributed by atoms with Crippen LogP contribution in [0.15, 0.2) is 18.2 Å². The number of ether oxygens (including phenoxy) is 1. The third-order valence-electron chi connectivity index (χ3n) is 3.92. The monoisotopic (exact) mass is 217 g/mol. The summed E-state index contributed by atoms with van der Waals surface area (Å²) in [6.07, 6.45) is 2.87. The average Bonchev–Trinajstić information content (AvgIpc) is 2.86. The first kappa shape index (κ1) is 9.70. The van der Waals surface area contributed by atoms with Crippen molar-refractivity contribution in [1.29, 1.82) is 0 Å². The molecule has 3 heteroatoms.